The fourth-order valence-electron chi connectivity index (χ4n) is 3.29. The zero-order valence-corrected chi connectivity index (χ0v) is 14.8. The lowest BCUT2D eigenvalue weighted by atomic mass is 10.1. The van der Waals surface area contributed by atoms with E-state index in [-0.39, 0.29) is 11.7 Å². The molecule has 1 atom stereocenters. The monoisotopic (exact) mass is 369 g/mol. The number of fused-ring (bicyclic) bond motifs is 1. The smallest absolute Gasteiger partial charge is 0.151 e. The summed E-state index contributed by atoms with van der Waals surface area (Å²) < 4.78 is 30.7. The van der Waals surface area contributed by atoms with E-state index >= 15 is 0 Å². The van der Waals surface area contributed by atoms with Crippen molar-refractivity contribution in [2.45, 2.75) is 26.3 Å². The minimum Gasteiger partial charge on any atom is -0.383 e. The maximum Gasteiger partial charge on any atom is 0.151 e. The van der Waals surface area contributed by atoms with Gasteiger partial charge in [-0.05, 0) is 31.5 Å². The fourth-order valence-corrected chi connectivity index (χ4v) is 3.29. The van der Waals surface area contributed by atoms with Crippen LogP contribution < -0.4 is 5.73 Å². The van der Waals surface area contributed by atoms with Crippen molar-refractivity contribution in [1.82, 2.24) is 29.5 Å². The minimum absolute atomic E-state index is 0.145. The van der Waals surface area contributed by atoms with Gasteiger partial charge in [0, 0.05) is 12.3 Å². The number of hydrogen-bond acceptors (Lipinski definition) is 5. The Morgan fingerprint density at radius 2 is 2.00 bits per heavy atom. The highest BCUT2D eigenvalue weighted by molar-refractivity contribution is 5.86. The summed E-state index contributed by atoms with van der Waals surface area (Å²) in [7, 11) is 0. The Hall–Kier alpha value is -3.36. The molecular formula is C18H17F2N7. The number of nitrogens with zero attached hydrogens (tertiary/aromatic N) is 6. The number of aromatic nitrogens is 6. The second-order valence-corrected chi connectivity index (χ2v) is 6.21. The molecule has 3 heterocycles. The molecule has 7 nitrogen and oxygen atoms in total. The summed E-state index contributed by atoms with van der Waals surface area (Å²) in [6.07, 6.45) is 4.00. The van der Waals surface area contributed by atoms with E-state index in [4.69, 9.17) is 5.73 Å². The van der Waals surface area contributed by atoms with Gasteiger partial charge in [0.2, 0.25) is 0 Å². The molecule has 0 aliphatic carbocycles. The molecule has 4 rings (SSSR count). The molecule has 2 N–H and O–H groups in total. The van der Waals surface area contributed by atoms with Gasteiger partial charge in [0.15, 0.2) is 5.82 Å². The van der Waals surface area contributed by atoms with Crippen LogP contribution in [-0.2, 0) is 0 Å². The predicted octanol–water partition coefficient (Wildman–Crippen LogP) is 3.18. The number of rotatable bonds is 4. The van der Waals surface area contributed by atoms with Crippen LogP contribution in [0.15, 0.2) is 36.8 Å². The summed E-state index contributed by atoms with van der Waals surface area (Å²) in [5, 5.41) is 9.11. The molecular weight excluding hydrogens is 352 g/mol. The lowest BCUT2D eigenvalue weighted by molar-refractivity contribution is 0.561. The number of benzene rings is 1. The second kappa shape index (κ2) is 6.42. The Morgan fingerprint density at radius 1 is 1.19 bits per heavy atom. The van der Waals surface area contributed by atoms with Crippen molar-refractivity contribution in [3.05, 3.63) is 59.8 Å². The van der Waals surface area contributed by atoms with Crippen molar-refractivity contribution < 1.29 is 8.78 Å². The second-order valence-electron chi connectivity index (χ2n) is 6.21. The molecule has 0 saturated carbocycles. The molecule has 0 aliphatic heterocycles. The topological polar surface area (TPSA) is 87.4 Å². The van der Waals surface area contributed by atoms with Gasteiger partial charge in [0.25, 0.3) is 0 Å². The molecule has 0 aliphatic rings. The van der Waals surface area contributed by atoms with Gasteiger partial charge in [-0.3, -0.25) is 0 Å². The largest absolute Gasteiger partial charge is 0.383 e. The molecule has 4 aromatic rings. The highest BCUT2D eigenvalue weighted by Gasteiger charge is 2.23. The van der Waals surface area contributed by atoms with E-state index in [2.05, 4.69) is 20.3 Å². The predicted molar refractivity (Wildman–Crippen MR) is 96.4 cm³/mol. The lowest BCUT2D eigenvalue weighted by Crippen LogP contribution is -2.12. The van der Waals surface area contributed by atoms with Crippen LogP contribution in [0.25, 0.3) is 16.7 Å². The van der Waals surface area contributed by atoms with Gasteiger partial charge < -0.3 is 10.3 Å². The Labute approximate surface area is 153 Å². The van der Waals surface area contributed by atoms with E-state index in [0.29, 0.717) is 29.3 Å². The SMILES string of the molecule is CCC(c1nnn(-c2ccc(F)cc2F)c1C)n1ccc2c(N)ncnc21. The first-order valence-electron chi connectivity index (χ1n) is 8.46. The Balaban J connectivity index is 1.82. The first kappa shape index (κ1) is 17.1. The average molecular weight is 369 g/mol. The van der Waals surface area contributed by atoms with Crippen molar-refractivity contribution >= 4 is 16.9 Å². The number of anilines is 1. The number of halogens is 2. The zero-order valence-electron chi connectivity index (χ0n) is 14.8. The van der Waals surface area contributed by atoms with E-state index in [1.165, 1.54) is 23.1 Å². The summed E-state index contributed by atoms with van der Waals surface area (Å²) in [6.45, 7) is 3.81. The third-order valence-electron chi connectivity index (χ3n) is 4.65. The van der Waals surface area contributed by atoms with Crippen LogP contribution in [0.1, 0.15) is 30.8 Å². The van der Waals surface area contributed by atoms with Gasteiger partial charge in [0.05, 0.1) is 17.1 Å². The van der Waals surface area contributed by atoms with Crippen molar-refractivity contribution in [3.8, 4) is 5.69 Å². The zero-order chi connectivity index (χ0) is 19.1. The van der Waals surface area contributed by atoms with Crippen molar-refractivity contribution in [1.29, 1.82) is 0 Å². The molecule has 138 valence electrons. The lowest BCUT2D eigenvalue weighted by Gasteiger charge is -2.16. The summed E-state index contributed by atoms with van der Waals surface area (Å²) in [6, 6.07) is 5.04. The summed E-state index contributed by atoms with van der Waals surface area (Å²) in [5.41, 5.74) is 8.10. The standard InChI is InChI=1S/C18H17F2N7/c1-3-14(26-7-6-12-17(21)22-9-23-18(12)26)16-10(2)27(25-24-16)15-5-4-11(19)8-13(15)20/h4-9,14H,3H2,1-2H3,(H2,21,22,23). The summed E-state index contributed by atoms with van der Waals surface area (Å²) in [4.78, 5) is 8.34. The van der Waals surface area contributed by atoms with Crippen LogP contribution >= 0.6 is 0 Å². The molecule has 0 saturated heterocycles. The first-order chi connectivity index (χ1) is 13.0. The van der Waals surface area contributed by atoms with Crippen molar-refractivity contribution in [3.63, 3.8) is 0 Å². The van der Waals surface area contributed by atoms with Crippen LogP contribution in [-0.4, -0.2) is 29.5 Å². The summed E-state index contributed by atoms with van der Waals surface area (Å²) in [5.74, 6) is -0.936. The molecule has 3 aromatic heterocycles. The molecule has 27 heavy (non-hydrogen) atoms. The number of hydrogen-bond donors (Lipinski definition) is 1. The average Bonchev–Trinajstić information content (AvgIpc) is 3.22. The number of nitrogen functional groups attached to an aromatic ring is 1. The van der Waals surface area contributed by atoms with Crippen LogP contribution in [0.3, 0.4) is 0 Å². The van der Waals surface area contributed by atoms with Crippen LogP contribution in [0, 0.1) is 18.6 Å². The van der Waals surface area contributed by atoms with Gasteiger partial charge in [-0.25, -0.2) is 23.4 Å². The molecule has 0 spiro atoms. The fraction of sp³-hybridized carbons (Fsp3) is 0.222. The molecule has 0 fully saturated rings. The summed E-state index contributed by atoms with van der Waals surface area (Å²) >= 11 is 0. The molecule has 9 heteroatoms. The van der Waals surface area contributed by atoms with E-state index < -0.39 is 11.6 Å². The number of nitrogens with two attached hydrogens (primary N) is 1. The molecule has 0 radical (unpaired) electrons. The van der Waals surface area contributed by atoms with Crippen LogP contribution in [0.4, 0.5) is 14.6 Å². The Morgan fingerprint density at radius 3 is 2.74 bits per heavy atom. The van der Waals surface area contributed by atoms with Crippen LogP contribution in [0.2, 0.25) is 0 Å². The normalized spacial score (nSPS) is 12.6. The molecule has 1 unspecified atom stereocenters. The minimum atomic E-state index is -0.700. The van der Waals surface area contributed by atoms with E-state index in [1.54, 1.807) is 6.92 Å². The van der Waals surface area contributed by atoms with Gasteiger partial charge in [-0.2, -0.15) is 0 Å². The van der Waals surface area contributed by atoms with Crippen molar-refractivity contribution in [2.75, 3.05) is 5.73 Å². The van der Waals surface area contributed by atoms with Gasteiger partial charge in [0.1, 0.15) is 35.0 Å². The Bertz CT molecular complexity index is 1130. The van der Waals surface area contributed by atoms with Crippen molar-refractivity contribution in [2.24, 2.45) is 0 Å². The van der Waals surface area contributed by atoms with Gasteiger partial charge in [-0.15, -0.1) is 5.10 Å². The highest BCUT2D eigenvalue weighted by atomic mass is 19.1. The third-order valence-corrected chi connectivity index (χ3v) is 4.65. The Kier molecular flexibility index (Phi) is 4.06. The highest BCUT2D eigenvalue weighted by Crippen LogP contribution is 2.29. The third kappa shape index (κ3) is 2.71. The quantitative estimate of drug-likeness (QED) is 0.597. The first-order valence-corrected chi connectivity index (χ1v) is 8.46. The van der Waals surface area contributed by atoms with E-state index in [0.717, 1.165) is 11.5 Å². The van der Waals surface area contributed by atoms with Gasteiger partial charge >= 0.3 is 0 Å². The van der Waals surface area contributed by atoms with E-state index in [9.17, 15) is 8.78 Å². The molecule has 1 aromatic carbocycles. The van der Waals surface area contributed by atoms with Gasteiger partial charge in [-0.1, -0.05) is 12.1 Å². The van der Waals surface area contributed by atoms with E-state index in [1.807, 2.05) is 23.8 Å². The molecule has 0 amide bonds. The van der Waals surface area contributed by atoms with Crippen LogP contribution in [0.5, 0.6) is 0 Å². The maximum atomic E-state index is 14.2. The molecule has 0 bridgehead atoms. The maximum absolute atomic E-state index is 14.2.